The van der Waals surface area contributed by atoms with E-state index in [9.17, 15) is 8.42 Å². The molecule has 1 aromatic rings. The number of nitrogens with zero attached hydrogens (tertiary/aromatic N) is 1. The number of rotatable bonds is 3. The van der Waals surface area contributed by atoms with Crippen LogP contribution in [0.25, 0.3) is 0 Å². The van der Waals surface area contributed by atoms with E-state index in [-0.39, 0.29) is 0 Å². The Hall–Kier alpha value is -0.430. The summed E-state index contributed by atoms with van der Waals surface area (Å²) in [6.07, 6.45) is 4.41. The fourth-order valence-corrected chi connectivity index (χ4v) is 5.86. The van der Waals surface area contributed by atoms with Crippen molar-refractivity contribution in [1.82, 2.24) is 9.62 Å². The maximum atomic E-state index is 12.9. The van der Waals surface area contributed by atoms with E-state index in [0.29, 0.717) is 29.9 Å². The van der Waals surface area contributed by atoms with Gasteiger partial charge in [0.05, 0.1) is 4.90 Å². The van der Waals surface area contributed by atoms with Crippen molar-refractivity contribution >= 4 is 26.0 Å². The Balaban J connectivity index is 1.73. The molecule has 1 aromatic carbocycles. The Morgan fingerprint density at radius 1 is 1.23 bits per heavy atom. The van der Waals surface area contributed by atoms with Crippen LogP contribution >= 0.6 is 15.9 Å². The van der Waals surface area contributed by atoms with Gasteiger partial charge in [-0.05, 0) is 62.8 Å². The fourth-order valence-electron chi connectivity index (χ4n) is 3.62. The lowest BCUT2D eigenvalue weighted by Crippen LogP contribution is -2.43. The Morgan fingerprint density at radius 3 is 2.59 bits per heavy atom. The van der Waals surface area contributed by atoms with Gasteiger partial charge >= 0.3 is 0 Å². The minimum atomic E-state index is -3.38. The summed E-state index contributed by atoms with van der Waals surface area (Å²) in [7, 11) is -3.38. The number of sulfonamides is 1. The van der Waals surface area contributed by atoms with Gasteiger partial charge in [-0.1, -0.05) is 22.0 Å². The lowest BCUT2D eigenvalue weighted by atomic mass is 9.89. The van der Waals surface area contributed by atoms with E-state index in [2.05, 4.69) is 21.2 Å². The van der Waals surface area contributed by atoms with Crippen LogP contribution in [0.3, 0.4) is 0 Å². The van der Waals surface area contributed by atoms with Gasteiger partial charge in [0.15, 0.2) is 0 Å². The molecule has 6 heteroatoms. The molecule has 0 aliphatic carbocycles. The van der Waals surface area contributed by atoms with Gasteiger partial charge in [0, 0.05) is 23.6 Å². The van der Waals surface area contributed by atoms with Crippen molar-refractivity contribution in [2.24, 2.45) is 5.92 Å². The second-order valence-corrected chi connectivity index (χ2v) is 9.18. The van der Waals surface area contributed by atoms with Crippen molar-refractivity contribution in [2.75, 3.05) is 19.6 Å². The lowest BCUT2D eigenvalue weighted by molar-refractivity contribution is 0.234. The van der Waals surface area contributed by atoms with Crippen LogP contribution in [0.1, 0.15) is 31.2 Å². The lowest BCUT2D eigenvalue weighted by Gasteiger charge is -2.34. The summed E-state index contributed by atoms with van der Waals surface area (Å²) in [4.78, 5) is 0.430. The van der Waals surface area contributed by atoms with E-state index < -0.39 is 10.0 Å². The van der Waals surface area contributed by atoms with Gasteiger partial charge in [-0.15, -0.1) is 0 Å². The van der Waals surface area contributed by atoms with E-state index in [0.717, 1.165) is 29.4 Å². The third-order valence-corrected chi connectivity index (χ3v) is 7.47. The Morgan fingerprint density at radius 2 is 1.95 bits per heavy atom. The smallest absolute Gasteiger partial charge is 0.243 e. The quantitative estimate of drug-likeness (QED) is 0.868. The van der Waals surface area contributed by atoms with Gasteiger partial charge in [0.1, 0.15) is 0 Å². The molecule has 1 unspecified atom stereocenters. The average Bonchev–Trinajstić information content (AvgIpc) is 3.04. The largest absolute Gasteiger partial charge is 0.314 e. The first-order valence-electron chi connectivity index (χ1n) is 7.98. The van der Waals surface area contributed by atoms with Crippen LogP contribution in [-0.2, 0) is 10.0 Å². The van der Waals surface area contributed by atoms with Crippen molar-refractivity contribution in [3.63, 3.8) is 0 Å². The highest BCUT2D eigenvalue weighted by Gasteiger charge is 2.34. The average molecular weight is 387 g/mol. The molecule has 0 aromatic heterocycles. The number of nitrogens with one attached hydrogen (secondary N) is 1. The minimum absolute atomic E-state index is 0.430. The van der Waals surface area contributed by atoms with Crippen LogP contribution in [0.15, 0.2) is 27.6 Å². The first-order valence-corrected chi connectivity index (χ1v) is 10.2. The summed E-state index contributed by atoms with van der Waals surface area (Å²) in [5.74, 6) is 0.623. The molecule has 0 bridgehead atoms. The number of piperidine rings is 1. The highest BCUT2D eigenvalue weighted by Crippen LogP contribution is 2.30. The summed E-state index contributed by atoms with van der Waals surface area (Å²) < 4.78 is 28.2. The summed E-state index contributed by atoms with van der Waals surface area (Å²) >= 11 is 3.38. The molecule has 2 aliphatic heterocycles. The summed E-state index contributed by atoms with van der Waals surface area (Å²) in [5.41, 5.74) is 0.808. The minimum Gasteiger partial charge on any atom is -0.314 e. The third-order valence-electron chi connectivity index (χ3n) is 4.93. The zero-order valence-electron chi connectivity index (χ0n) is 12.9. The number of halogens is 1. The van der Waals surface area contributed by atoms with E-state index >= 15 is 0 Å². The molecule has 1 N–H and O–H groups in total. The van der Waals surface area contributed by atoms with Gasteiger partial charge in [-0.2, -0.15) is 4.31 Å². The molecule has 4 nitrogen and oxygen atoms in total. The predicted octanol–water partition coefficient (Wildman–Crippen LogP) is 2.91. The first-order chi connectivity index (χ1) is 10.5. The molecular formula is C16H23BrN2O2S. The maximum absolute atomic E-state index is 12.9. The molecule has 2 saturated heterocycles. The highest BCUT2D eigenvalue weighted by atomic mass is 79.9. The maximum Gasteiger partial charge on any atom is 0.243 e. The summed E-state index contributed by atoms with van der Waals surface area (Å²) in [6, 6.07) is 6.05. The van der Waals surface area contributed by atoms with Crippen LogP contribution in [-0.4, -0.2) is 38.4 Å². The van der Waals surface area contributed by atoms with Gasteiger partial charge in [0.2, 0.25) is 10.0 Å². The van der Waals surface area contributed by atoms with Crippen LogP contribution in [0.5, 0.6) is 0 Å². The monoisotopic (exact) mass is 386 g/mol. The predicted molar refractivity (Wildman–Crippen MR) is 91.4 cm³/mol. The molecule has 0 amide bonds. The molecule has 122 valence electrons. The van der Waals surface area contributed by atoms with Gasteiger partial charge in [-0.25, -0.2) is 8.42 Å². The molecule has 0 spiro atoms. The number of hydrogen-bond acceptors (Lipinski definition) is 3. The second-order valence-electron chi connectivity index (χ2n) is 6.35. The fraction of sp³-hybridized carbons (Fsp3) is 0.625. The Labute approximate surface area is 141 Å². The Bertz CT molecular complexity index is 634. The van der Waals surface area contributed by atoms with Crippen molar-refractivity contribution in [3.05, 3.63) is 28.2 Å². The van der Waals surface area contributed by atoms with Crippen molar-refractivity contribution in [2.45, 2.75) is 43.5 Å². The van der Waals surface area contributed by atoms with Crippen LogP contribution in [0.4, 0.5) is 0 Å². The normalized spacial score (nSPS) is 24.7. The molecule has 3 rings (SSSR count). The first kappa shape index (κ1) is 16.4. The SMILES string of the molecule is Cc1ccc(Br)cc1S(=O)(=O)N1CCC(C2CCCN2)CC1. The topological polar surface area (TPSA) is 49.4 Å². The summed E-state index contributed by atoms with van der Waals surface area (Å²) in [6.45, 7) is 4.24. The van der Waals surface area contributed by atoms with E-state index in [1.807, 2.05) is 19.1 Å². The van der Waals surface area contributed by atoms with Crippen molar-refractivity contribution in [1.29, 1.82) is 0 Å². The Kier molecular flexibility index (Phi) is 4.92. The number of benzene rings is 1. The zero-order chi connectivity index (χ0) is 15.7. The molecule has 2 aliphatic rings. The van der Waals surface area contributed by atoms with Crippen molar-refractivity contribution in [3.8, 4) is 0 Å². The molecule has 22 heavy (non-hydrogen) atoms. The van der Waals surface area contributed by atoms with Gasteiger partial charge < -0.3 is 5.32 Å². The number of aryl methyl sites for hydroxylation is 1. The second kappa shape index (κ2) is 6.59. The standard InChI is InChI=1S/C16H23BrN2O2S/c1-12-4-5-14(17)11-16(12)22(20,21)19-9-6-13(7-10-19)15-3-2-8-18-15/h4-5,11,13,15,18H,2-3,6-10H2,1H3. The molecular weight excluding hydrogens is 364 g/mol. The van der Waals surface area contributed by atoms with E-state index in [1.54, 1.807) is 10.4 Å². The molecule has 2 heterocycles. The number of hydrogen-bond donors (Lipinski definition) is 1. The van der Waals surface area contributed by atoms with Crippen molar-refractivity contribution < 1.29 is 8.42 Å². The third kappa shape index (κ3) is 3.25. The van der Waals surface area contributed by atoms with Gasteiger partial charge in [-0.3, -0.25) is 0 Å². The van der Waals surface area contributed by atoms with Crippen LogP contribution in [0.2, 0.25) is 0 Å². The zero-order valence-corrected chi connectivity index (χ0v) is 15.3. The van der Waals surface area contributed by atoms with E-state index in [4.69, 9.17) is 0 Å². The molecule has 0 saturated carbocycles. The van der Waals surface area contributed by atoms with E-state index in [1.165, 1.54) is 12.8 Å². The highest BCUT2D eigenvalue weighted by molar-refractivity contribution is 9.10. The molecule has 1 atom stereocenters. The molecule has 0 radical (unpaired) electrons. The van der Waals surface area contributed by atoms with Crippen LogP contribution in [0, 0.1) is 12.8 Å². The van der Waals surface area contributed by atoms with Gasteiger partial charge in [0.25, 0.3) is 0 Å². The molecule has 2 fully saturated rings. The van der Waals surface area contributed by atoms with Crippen LogP contribution < -0.4 is 5.32 Å². The summed E-state index contributed by atoms with van der Waals surface area (Å²) in [5, 5.41) is 3.55.